The van der Waals surface area contributed by atoms with Crippen LogP contribution in [0.2, 0.25) is 0 Å². The third-order valence-electron chi connectivity index (χ3n) is 2.09. The Labute approximate surface area is 65.4 Å². The standard InChI is InChI=1S/C7H14O4/c1-3-5(8)7(10)6(9)4(2)11-3/h3-10H,1-2H3/t3-,4+,5-,6+,7?. The van der Waals surface area contributed by atoms with Gasteiger partial charge in [-0.3, -0.25) is 0 Å². The van der Waals surface area contributed by atoms with Gasteiger partial charge in [0, 0.05) is 0 Å². The molecule has 1 unspecified atom stereocenters. The molecule has 4 heteroatoms. The lowest BCUT2D eigenvalue weighted by Crippen LogP contribution is -2.55. The minimum absolute atomic E-state index is 0.414. The van der Waals surface area contributed by atoms with E-state index >= 15 is 0 Å². The molecule has 0 aromatic heterocycles. The van der Waals surface area contributed by atoms with Gasteiger partial charge in [0.25, 0.3) is 0 Å². The van der Waals surface area contributed by atoms with E-state index in [0.29, 0.717) is 0 Å². The van der Waals surface area contributed by atoms with Crippen molar-refractivity contribution in [3.05, 3.63) is 0 Å². The molecule has 0 saturated carbocycles. The molecule has 0 aliphatic carbocycles. The Kier molecular flexibility index (Phi) is 2.49. The zero-order valence-electron chi connectivity index (χ0n) is 6.64. The molecule has 0 amide bonds. The van der Waals surface area contributed by atoms with E-state index in [1.807, 2.05) is 0 Å². The highest BCUT2D eigenvalue weighted by Gasteiger charge is 2.39. The highest BCUT2D eigenvalue weighted by atomic mass is 16.5. The molecule has 0 aromatic carbocycles. The molecular formula is C7H14O4. The topological polar surface area (TPSA) is 69.9 Å². The quantitative estimate of drug-likeness (QED) is 0.422. The molecule has 1 fully saturated rings. The van der Waals surface area contributed by atoms with E-state index in [4.69, 9.17) is 4.74 Å². The maximum atomic E-state index is 9.21. The van der Waals surface area contributed by atoms with Crippen LogP contribution in [0.3, 0.4) is 0 Å². The van der Waals surface area contributed by atoms with Gasteiger partial charge in [0.05, 0.1) is 12.2 Å². The van der Waals surface area contributed by atoms with Crippen LogP contribution in [0.5, 0.6) is 0 Å². The number of hydrogen-bond donors (Lipinski definition) is 3. The first kappa shape index (κ1) is 8.93. The maximum Gasteiger partial charge on any atom is 0.111 e. The normalized spacial score (nSPS) is 52.6. The Morgan fingerprint density at radius 1 is 0.818 bits per heavy atom. The summed E-state index contributed by atoms with van der Waals surface area (Å²) in [5, 5.41) is 27.6. The van der Waals surface area contributed by atoms with Crippen LogP contribution >= 0.6 is 0 Å². The van der Waals surface area contributed by atoms with Crippen molar-refractivity contribution in [3.63, 3.8) is 0 Å². The second-order valence-electron chi connectivity index (χ2n) is 3.02. The molecule has 1 heterocycles. The summed E-state index contributed by atoms with van der Waals surface area (Å²) in [4.78, 5) is 0. The van der Waals surface area contributed by atoms with Crippen molar-refractivity contribution >= 4 is 0 Å². The zero-order valence-corrected chi connectivity index (χ0v) is 6.64. The number of aliphatic hydroxyl groups excluding tert-OH is 3. The van der Waals surface area contributed by atoms with Crippen molar-refractivity contribution < 1.29 is 20.1 Å². The van der Waals surface area contributed by atoms with E-state index in [1.165, 1.54) is 0 Å². The molecular weight excluding hydrogens is 148 g/mol. The number of hydrogen-bond acceptors (Lipinski definition) is 4. The lowest BCUT2D eigenvalue weighted by atomic mass is 9.97. The lowest BCUT2D eigenvalue weighted by Gasteiger charge is -2.37. The SMILES string of the molecule is C[C@@H]1O[C@H](C)[C@@H](O)C(O)[C@H]1O. The van der Waals surface area contributed by atoms with Gasteiger partial charge in [-0.15, -0.1) is 0 Å². The molecule has 66 valence electrons. The van der Waals surface area contributed by atoms with Gasteiger partial charge in [0.1, 0.15) is 18.3 Å². The van der Waals surface area contributed by atoms with Gasteiger partial charge in [-0.2, -0.15) is 0 Å². The van der Waals surface area contributed by atoms with Crippen LogP contribution in [0.4, 0.5) is 0 Å². The van der Waals surface area contributed by atoms with E-state index in [-0.39, 0.29) is 0 Å². The third-order valence-corrected chi connectivity index (χ3v) is 2.09. The third kappa shape index (κ3) is 1.54. The summed E-state index contributed by atoms with van der Waals surface area (Å²) in [6.45, 7) is 3.33. The molecule has 0 bridgehead atoms. The summed E-state index contributed by atoms with van der Waals surface area (Å²) < 4.78 is 5.12. The van der Waals surface area contributed by atoms with Crippen molar-refractivity contribution in [3.8, 4) is 0 Å². The average molecular weight is 162 g/mol. The highest BCUT2D eigenvalue weighted by molar-refractivity contribution is 4.88. The fourth-order valence-electron chi connectivity index (χ4n) is 1.26. The van der Waals surface area contributed by atoms with Gasteiger partial charge in [-0.1, -0.05) is 0 Å². The molecule has 1 rings (SSSR count). The van der Waals surface area contributed by atoms with E-state index in [0.717, 1.165) is 0 Å². The Morgan fingerprint density at radius 3 is 1.55 bits per heavy atom. The molecule has 1 aliphatic heterocycles. The average Bonchev–Trinajstić information content (AvgIpc) is 1.97. The minimum Gasteiger partial charge on any atom is -0.388 e. The van der Waals surface area contributed by atoms with Gasteiger partial charge in [0.15, 0.2) is 0 Å². The van der Waals surface area contributed by atoms with E-state index in [9.17, 15) is 15.3 Å². The summed E-state index contributed by atoms with van der Waals surface area (Å²) in [5.41, 5.74) is 0. The molecule has 1 aliphatic rings. The van der Waals surface area contributed by atoms with Crippen molar-refractivity contribution in [2.75, 3.05) is 0 Å². The Morgan fingerprint density at radius 2 is 1.18 bits per heavy atom. The van der Waals surface area contributed by atoms with E-state index in [2.05, 4.69) is 0 Å². The number of rotatable bonds is 0. The maximum absolute atomic E-state index is 9.21. The first-order valence-corrected chi connectivity index (χ1v) is 3.73. The summed E-state index contributed by atoms with van der Waals surface area (Å²) in [6.07, 6.45) is -3.89. The molecule has 0 aromatic rings. The summed E-state index contributed by atoms with van der Waals surface area (Å²) >= 11 is 0. The molecule has 5 atom stereocenters. The van der Waals surface area contributed by atoms with Crippen LogP contribution in [-0.4, -0.2) is 45.8 Å². The molecule has 0 radical (unpaired) electrons. The Balaban J connectivity index is 2.63. The van der Waals surface area contributed by atoms with Crippen LogP contribution in [-0.2, 0) is 4.74 Å². The van der Waals surface area contributed by atoms with Crippen LogP contribution in [0.15, 0.2) is 0 Å². The number of aliphatic hydroxyl groups is 3. The van der Waals surface area contributed by atoms with Gasteiger partial charge in [-0.05, 0) is 13.8 Å². The molecule has 3 N–H and O–H groups in total. The van der Waals surface area contributed by atoms with Crippen molar-refractivity contribution in [2.24, 2.45) is 0 Å². The van der Waals surface area contributed by atoms with Crippen molar-refractivity contribution in [1.29, 1.82) is 0 Å². The van der Waals surface area contributed by atoms with E-state index < -0.39 is 30.5 Å². The van der Waals surface area contributed by atoms with E-state index in [1.54, 1.807) is 13.8 Å². The van der Waals surface area contributed by atoms with Crippen LogP contribution in [0, 0.1) is 0 Å². The fraction of sp³-hybridized carbons (Fsp3) is 1.00. The minimum atomic E-state index is -1.09. The van der Waals surface area contributed by atoms with Gasteiger partial charge in [0.2, 0.25) is 0 Å². The predicted molar refractivity (Wildman–Crippen MR) is 38.0 cm³/mol. The largest absolute Gasteiger partial charge is 0.388 e. The second kappa shape index (κ2) is 3.06. The summed E-state index contributed by atoms with van der Waals surface area (Å²) in [5.74, 6) is 0. The summed E-state index contributed by atoms with van der Waals surface area (Å²) in [6, 6.07) is 0. The molecule has 11 heavy (non-hydrogen) atoms. The van der Waals surface area contributed by atoms with Crippen LogP contribution in [0.1, 0.15) is 13.8 Å². The molecule has 4 nitrogen and oxygen atoms in total. The first-order chi connectivity index (χ1) is 5.04. The first-order valence-electron chi connectivity index (χ1n) is 3.73. The Hall–Kier alpha value is -0.160. The molecule has 1 saturated heterocycles. The van der Waals surface area contributed by atoms with Crippen LogP contribution in [0.25, 0.3) is 0 Å². The smallest absolute Gasteiger partial charge is 0.111 e. The monoisotopic (exact) mass is 162 g/mol. The van der Waals surface area contributed by atoms with Gasteiger partial charge >= 0.3 is 0 Å². The summed E-state index contributed by atoms with van der Waals surface area (Å²) in [7, 11) is 0. The highest BCUT2D eigenvalue weighted by Crippen LogP contribution is 2.19. The fourth-order valence-corrected chi connectivity index (χ4v) is 1.26. The van der Waals surface area contributed by atoms with Gasteiger partial charge < -0.3 is 20.1 Å². The molecule has 0 spiro atoms. The Bertz CT molecular complexity index is 124. The van der Waals surface area contributed by atoms with Gasteiger partial charge in [-0.25, -0.2) is 0 Å². The second-order valence-corrected chi connectivity index (χ2v) is 3.02. The number of ether oxygens (including phenoxy) is 1. The van der Waals surface area contributed by atoms with Crippen molar-refractivity contribution in [1.82, 2.24) is 0 Å². The predicted octanol–water partition coefficient (Wildman–Crippen LogP) is -1.12. The zero-order chi connectivity index (χ0) is 8.59. The lowest BCUT2D eigenvalue weighted by molar-refractivity contribution is -0.211. The van der Waals surface area contributed by atoms with Crippen molar-refractivity contribution in [2.45, 2.75) is 44.4 Å². The van der Waals surface area contributed by atoms with Crippen LogP contribution < -0.4 is 0 Å².